The van der Waals surface area contributed by atoms with Gasteiger partial charge in [-0.1, -0.05) is 26.8 Å². The third kappa shape index (κ3) is 3.56. The number of benzene rings is 1. The molecule has 18 heavy (non-hydrogen) atoms. The van der Waals surface area contributed by atoms with E-state index in [2.05, 4.69) is 31.1 Å². The van der Waals surface area contributed by atoms with Crippen LogP contribution >= 0.6 is 23.1 Å². The molecule has 1 aromatic heterocycles. The molecule has 0 fully saturated rings. The molecule has 0 saturated heterocycles. The van der Waals surface area contributed by atoms with Crippen molar-refractivity contribution < 1.29 is 4.39 Å². The Morgan fingerprint density at radius 3 is 2.72 bits per heavy atom. The zero-order valence-electron chi connectivity index (χ0n) is 10.7. The number of thiazole rings is 1. The monoisotopic (exact) mass is 281 g/mol. The molecule has 0 atom stereocenters. The summed E-state index contributed by atoms with van der Waals surface area (Å²) in [7, 11) is 0. The predicted octanol–water partition coefficient (Wildman–Crippen LogP) is 4.87. The second-order valence-electron chi connectivity index (χ2n) is 5.12. The van der Waals surface area contributed by atoms with Gasteiger partial charge in [-0.05, 0) is 18.2 Å². The topological polar surface area (TPSA) is 12.9 Å². The second kappa shape index (κ2) is 5.41. The lowest BCUT2D eigenvalue weighted by Gasteiger charge is -2.14. The van der Waals surface area contributed by atoms with Crippen LogP contribution in [-0.4, -0.2) is 4.98 Å². The lowest BCUT2D eigenvalue weighted by atomic mass is 9.93. The highest BCUT2D eigenvalue weighted by atomic mass is 32.2. The van der Waals surface area contributed by atoms with Gasteiger partial charge in [0, 0.05) is 15.7 Å². The highest BCUT2D eigenvalue weighted by molar-refractivity contribution is 7.98. The van der Waals surface area contributed by atoms with Gasteiger partial charge < -0.3 is 0 Å². The Labute approximate surface area is 115 Å². The maximum atomic E-state index is 13.0. The first kappa shape index (κ1) is 13.6. The Balaban J connectivity index is 2.01. The van der Waals surface area contributed by atoms with Gasteiger partial charge in [-0.2, -0.15) is 0 Å². The third-order valence-electron chi connectivity index (χ3n) is 2.48. The SMILES string of the molecule is CC(C)(C)c1csc(CSc2cccc(F)c2)n1. The summed E-state index contributed by atoms with van der Waals surface area (Å²) in [5, 5.41) is 3.20. The van der Waals surface area contributed by atoms with E-state index in [0.717, 1.165) is 21.3 Å². The number of aromatic nitrogens is 1. The largest absolute Gasteiger partial charge is 0.245 e. The van der Waals surface area contributed by atoms with Crippen LogP contribution in [-0.2, 0) is 11.2 Å². The van der Waals surface area contributed by atoms with E-state index in [4.69, 9.17) is 0 Å². The number of nitrogens with zero attached hydrogens (tertiary/aromatic N) is 1. The molecule has 0 aliphatic rings. The standard InChI is InChI=1S/C14H16FNS2/c1-14(2,3)12-8-18-13(16-12)9-17-11-6-4-5-10(15)7-11/h4-8H,9H2,1-3H3. The summed E-state index contributed by atoms with van der Waals surface area (Å²) in [5.74, 6) is 0.610. The predicted molar refractivity (Wildman–Crippen MR) is 76.8 cm³/mol. The van der Waals surface area contributed by atoms with Crippen LogP contribution in [0.3, 0.4) is 0 Å². The van der Waals surface area contributed by atoms with E-state index in [0.29, 0.717) is 0 Å². The van der Waals surface area contributed by atoms with E-state index in [1.54, 1.807) is 35.2 Å². The molecule has 4 heteroatoms. The maximum absolute atomic E-state index is 13.0. The molecule has 1 nitrogen and oxygen atoms in total. The van der Waals surface area contributed by atoms with Crippen molar-refractivity contribution >= 4 is 23.1 Å². The van der Waals surface area contributed by atoms with Crippen molar-refractivity contribution in [2.45, 2.75) is 36.8 Å². The van der Waals surface area contributed by atoms with E-state index in [9.17, 15) is 4.39 Å². The van der Waals surface area contributed by atoms with Crippen molar-refractivity contribution in [3.8, 4) is 0 Å². The van der Waals surface area contributed by atoms with E-state index >= 15 is 0 Å². The van der Waals surface area contributed by atoms with E-state index in [-0.39, 0.29) is 11.2 Å². The number of hydrogen-bond donors (Lipinski definition) is 0. The zero-order valence-corrected chi connectivity index (χ0v) is 12.4. The fraction of sp³-hybridized carbons (Fsp3) is 0.357. The molecule has 0 saturated carbocycles. The molecule has 0 radical (unpaired) electrons. The second-order valence-corrected chi connectivity index (χ2v) is 7.11. The summed E-state index contributed by atoms with van der Waals surface area (Å²) in [6.07, 6.45) is 0. The van der Waals surface area contributed by atoms with Crippen molar-refractivity contribution in [1.29, 1.82) is 0 Å². The maximum Gasteiger partial charge on any atom is 0.124 e. The fourth-order valence-electron chi connectivity index (χ4n) is 1.42. The smallest absolute Gasteiger partial charge is 0.124 e. The molecule has 1 aromatic carbocycles. The first-order valence-corrected chi connectivity index (χ1v) is 7.65. The number of hydrogen-bond acceptors (Lipinski definition) is 3. The van der Waals surface area contributed by atoms with Crippen LogP contribution < -0.4 is 0 Å². The Kier molecular flexibility index (Phi) is 4.07. The minimum atomic E-state index is -0.186. The van der Waals surface area contributed by atoms with Gasteiger partial charge in [0.05, 0.1) is 11.4 Å². The van der Waals surface area contributed by atoms with Crippen LogP contribution in [0.4, 0.5) is 4.39 Å². The summed E-state index contributed by atoms with van der Waals surface area (Å²) >= 11 is 3.29. The molecule has 0 N–H and O–H groups in total. The van der Waals surface area contributed by atoms with Crippen molar-refractivity contribution in [3.05, 3.63) is 46.2 Å². The van der Waals surface area contributed by atoms with Gasteiger partial charge in [0.15, 0.2) is 0 Å². The fourth-order valence-corrected chi connectivity index (χ4v) is 3.40. The highest BCUT2D eigenvalue weighted by Gasteiger charge is 2.17. The third-order valence-corrected chi connectivity index (χ3v) is 4.52. The van der Waals surface area contributed by atoms with Gasteiger partial charge in [0.25, 0.3) is 0 Å². The Hall–Kier alpha value is -0.870. The molecule has 0 aliphatic heterocycles. The van der Waals surface area contributed by atoms with Gasteiger partial charge in [-0.25, -0.2) is 9.37 Å². The van der Waals surface area contributed by atoms with Crippen LogP contribution in [0.5, 0.6) is 0 Å². The molecule has 0 amide bonds. The molecule has 0 bridgehead atoms. The van der Waals surface area contributed by atoms with Gasteiger partial charge >= 0.3 is 0 Å². The minimum Gasteiger partial charge on any atom is -0.245 e. The lowest BCUT2D eigenvalue weighted by Crippen LogP contribution is -2.11. The summed E-state index contributed by atoms with van der Waals surface area (Å²) in [5.41, 5.74) is 1.22. The van der Waals surface area contributed by atoms with Crippen LogP contribution in [0.1, 0.15) is 31.5 Å². The normalized spacial score (nSPS) is 11.8. The highest BCUT2D eigenvalue weighted by Crippen LogP contribution is 2.28. The Morgan fingerprint density at radius 2 is 2.11 bits per heavy atom. The molecule has 0 spiro atoms. The molecule has 2 rings (SSSR count). The van der Waals surface area contributed by atoms with Gasteiger partial charge in [-0.15, -0.1) is 23.1 Å². The van der Waals surface area contributed by atoms with E-state index in [1.807, 2.05) is 6.07 Å². The van der Waals surface area contributed by atoms with Crippen LogP contribution in [0.2, 0.25) is 0 Å². The molecular formula is C14H16FNS2. The first-order chi connectivity index (χ1) is 8.45. The number of rotatable bonds is 3. The van der Waals surface area contributed by atoms with Gasteiger partial charge in [-0.3, -0.25) is 0 Å². The summed E-state index contributed by atoms with van der Waals surface area (Å²) in [6.45, 7) is 6.47. The average Bonchev–Trinajstić information content (AvgIpc) is 2.74. The van der Waals surface area contributed by atoms with Crippen molar-refractivity contribution in [1.82, 2.24) is 4.98 Å². The van der Waals surface area contributed by atoms with Crippen molar-refractivity contribution in [2.24, 2.45) is 0 Å². The van der Waals surface area contributed by atoms with Crippen LogP contribution in [0.25, 0.3) is 0 Å². The molecule has 0 unspecified atom stereocenters. The van der Waals surface area contributed by atoms with Crippen molar-refractivity contribution in [2.75, 3.05) is 0 Å². The molecular weight excluding hydrogens is 265 g/mol. The molecule has 1 heterocycles. The molecule has 2 aromatic rings. The van der Waals surface area contributed by atoms with E-state index < -0.39 is 0 Å². The minimum absolute atomic E-state index is 0.0955. The van der Waals surface area contributed by atoms with Gasteiger partial charge in [0.2, 0.25) is 0 Å². The first-order valence-electron chi connectivity index (χ1n) is 5.78. The average molecular weight is 281 g/mol. The molecule has 0 aliphatic carbocycles. The summed E-state index contributed by atoms with van der Waals surface area (Å²) in [6, 6.07) is 6.68. The quantitative estimate of drug-likeness (QED) is 0.744. The van der Waals surface area contributed by atoms with Crippen molar-refractivity contribution in [3.63, 3.8) is 0 Å². The number of thioether (sulfide) groups is 1. The number of halogens is 1. The lowest BCUT2D eigenvalue weighted by molar-refractivity contribution is 0.572. The Morgan fingerprint density at radius 1 is 1.33 bits per heavy atom. The Bertz CT molecular complexity index is 529. The summed E-state index contributed by atoms with van der Waals surface area (Å²) < 4.78 is 13.0. The zero-order chi connectivity index (χ0) is 13.2. The van der Waals surface area contributed by atoms with Crippen LogP contribution in [0.15, 0.2) is 34.5 Å². The van der Waals surface area contributed by atoms with Gasteiger partial charge in [0.1, 0.15) is 10.8 Å². The van der Waals surface area contributed by atoms with Crippen LogP contribution in [0, 0.1) is 5.82 Å². The molecule has 96 valence electrons. The van der Waals surface area contributed by atoms with E-state index in [1.165, 1.54) is 6.07 Å². The summed E-state index contributed by atoms with van der Waals surface area (Å²) in [4.78, 5) is 5.57.